The number of hydrogen-bond donors (Lipinski definition) is 1. The first kappa shape index (κ1) is 13.6. The van der Waals surface area contributed by atoms with Crippen molar-refractivity contribution in [2.75, 3.05) is 13.1 Å². The summed E-state index contributed by atoms with van der Waals surface area (Å²) in [6.07, 6.45) is 3.83. The molecule has 1 saturated heterocycles. The Bertz CT molecular complexity index is 467. The molecule has 1 unspecified atom stereocenters. The van der Waals surface area contributed by atoms with Crippen molar-refractivity contribution in [1.82, 2.24) is 9.47 Å². The van der Waals surface area contributed by atoms with Gasteiger partial charge in [-0.05, 0) is 37.8 Å². The topological polar surface area (TPSA) is 62.5 Å². The zero-order chi connectivity index (χ0) is 13.8. The highest BCUT2D eigenvalue weighted by molar-refractivity contribution is 5.92. The van der Waals surface area contributed by atoms with Crippen LogP contribution in [0.15, 0.2) is 18.3 Å². The lowest BCUT2D eigenvalue weighted by Gasteiger charge is -2.32. The van der Waals surface area contributed by atoms with Gasteiger partial charge in [-0.2, -0.15) is 0 Å². The molecule has 0 saturated carbocycles. The van der Waals surface area contributed by atoms with Gasteiger partial charge < -0.3 is 14.6 Å². The summed E-state index contributed by atoms with van der Waals surface area (Å²) in [5.74, 6) is -0.682. The summed E-state index contributed by atoms with van der Waals surface area (Å²) in [5.41, 5.74) is 0.693. The average molecular weight is 264 g/mol. The van der Waals surface area contributed by atoms with Crippen molar-refractivity contribution >= 4 is 11.9 Å². The summed E-state index contributed by atoms with van der Waals surface area (Å²) in [6.45, 7) is 4.05. The Morgan fingerprint density at radius 1 is 1.47 bits per heavy atom. The smallest absolute Gasteiger partial charge is 0.303 e. The molecular formula is C14H20N2O3. The van der Waals surface area contributed by atoms with E-state index in [-0.39, 0.29) is 18.2 Å². The largest absolute Gasteiger partial charge is 0.481 e. The van der Waals surface area contributed by atoms with Crippen molar-refractivity contribution in [1.29, 1.82) is 0 Å². The summed E-state index contributed by atoms with van der Waals surface area (Å²) >= 11 is 0. The van der Waals surface area contributed by atoms with Gasteiger partial charge in [-0.15, -0.1) is 0 Å². The minimum Gasteiger partial charge on any atom is -0.481 e. The number of aliphatic carboxylic acids is 1. The van der Waals surface area contributed by atoms with E-state index in [1.807, 2.05) is 29.8 Å². The van der Waals surface area contributed by atoms with Crippen LogP contribution in [-0.4, -0.2) is 39.5 Å². The van der Waals surface area contributed by atoms with Crippen LogP contribution in [0.25, 0.3) is 0 Å². The van der Waals surface area contributed by atoms with E-state index in [4.69, 9.17) is 5.11 Å². The third-order valence-electron chi connectivity index (χ3n) is 3.66. The lowest BCUT2D eigenvalue weighted by Crippen LogP contribution is -2.41. The maximum absolute atomic E-state index is 12.4. The Morgan fingerprint density at radius 3 is 2.95 bits per heavy atom. The fourth-order valence-electron chi connectivity index (χ4n) is 2.71. The molecule has 0 aromatic carbocycles. The maximum Gasteiger partial charge on any atom is 0.303 e. The first-order valence-electron chi connectivity index (χ1n) is 6.78. The number of carboxylic acid groups (broad SMARTS) is 1. The molecule has 0 radical (unpaired) electrons. The highest BCUT2D eigenvalue weighted by Gasteiger charge is 2.26. The summed E-state index contributed by atoms with van der Waals surface area (Å²) in [5, 5.41) is 8.85. The van der Waals surface area contributed by atoms with E-state index in [1.54, 1.807) is 4.90 Å². The fourth-order valence-corrected chi connectivity index (χ4v) is 2.71. The molecule has 0 aliphatic carbocycles. The van der Waals surface area contributed by atoms with Crippen LogP contribution in [0.2, 0.25) is 0 Å². The number of amides is 1. The van der Waals surface area contributed by atoms with Gasteiger partial charge in [0.2, 0.25) is 0 Å². The van der Waals surface area contributed by atoms with Crippen LogP contribution >= 0.6 is 0 Å². The van der Waals surface area contributed by atoms with Crippen LogP contribution in [0.5, 0.6) is 0 Å². The molecule has 0 spiro atoms. The van der Waals surface area contributed by atoms with Crippen molar-refractivity contribution in [3.8, 4) is 0 Å². The maximum atomic E-state index is 12.4. The summed E-state index contributed by atoms with van der Waals surface area (Å²) in [6, 6.07) is 3.70. The number of aryl methyl sites for hydroxylation is 1. The van der Waals surface area contributed by atoms with E-state index in [9.17, 15) is 9.59 Å². The summed E-state index contributed by atoms with van der Waals surface area (Å²) in [7, 11) is 0. The minimum atomic E-state index is -0.781. The van der Waals surface area contributed by atoms with Gasteiger partial charge in [-0.1, -0.05) is 0 Å². The normalized spacial score (nSPS) is 19.4. The molecule has 5 heteroatoms. The van der Waals surface area contributed by atoms with Crippen LogP contribution in [0.1, 0.15) is 36.7 Å². The molecule has 19 heavy (non-hydrogen) atoms. The van der Waals surface area contributed by atoms with E-state index in [0.29, 0.717) is 12.2 Å². The van der Waals surface area contributed by atoms with Crippen molar-refractivity contribution in [3.05, 3.63) is 24.0 Å². The predicted molar refractivity (Wildman–Crippen MR) is 71.0 cm³/mol. The number of hydrogen-bond acceptors (Lipinski definition) is 2. The Labute approximate surface area is 112 Å². The number of likely N-dealkylation sites (tertiary alicyclic amines) is 1. The molecule has 0 bridgehead atoms. The molecule has 1 fully saturated rings. The van der Waals surface area contributed by atoms with Crippen LogP contribution in [0, 0.1) is 5.92 Å². The second-order valence-corrected chi connectivity index (χ2v) is 5.04. The Balaban J connectivity index is 2.05. The van der Waals surface area contributed by atoms with E-state index in [2.05, 4.69) is 0 Å². The molecule has 2 heterocycles. The minimum absolute atomic E-state index is 0.0157. The third kappa shape index (κ3) is 3.16. The van der Waals surface area contributed by atoms with Crippen molar-refractivity contribution in [3.63, 3.8) is 0 Å². The first-order chi connectivity index (χ1) is 9.11. The first-order valence-corrected chi connectivity index (χ1v) is 6.78. The van der Waals surface area contributed by atoms with E-state index < -0.39 is 5.97 Å². The predicted octanol–water partition coefficient (Wildman–Crippen LogP) is 1.83. The number of carboxylic acids is 1. The second-order valence-electron chi connectivity index (χ2n) is 5.04. The van der Waals surface area contributed by atoms with Crippen LogP contribution in [0.4, 0.5) is 0 Å². The second kappa shape index (κ2) is 5.91. The average Bonchev–Trinajstić information content (AvgIpc) is 2.85. The monoisotopic (exact) mass is 264 g/mol. The number of carbonyl (C=O) groups excluding carboxylic acids is 1. The van der Waals surface area contributed by atoms with Crippen LogP contribution in [-0.2, 0) is 11.3 Å². The standard InChI is InChI=1S/C14H20N2O3/c1-2-15-7-4-6-12(15)14(19)16-8-3-5-11(10-16)9-13(17)18/h4,6-7,11H,2-3,5,8-10H2,1H3,(H,17,18). The molecule has 5 nitrogen and oxygen atoms in total. The van der Waals surface area contributed by atoms with E-state index >= 15 is 0 Å². The summed E-state index contributed by atoms with van der Waals surface area (Å²) in [4.78, 5) is 25.0. The third-order valence-corrected chi connectivity index (χ3v) is 3.66. The lowest BCUT2D eigenvalue weighted by atomic mass is 9.94. The highest BCUT2D eigenvalue weighted by atomic mass is 16.4. The van der Waals surface area contributed by atoms with Crippen molar-refractivity contribution < 1.29 is 14.7 Å². The van der Waals surface area contributed by atoms with E-state index in [1.165, 1.54) is 0 Å². The SMILES string of the molecule is CCn1cccc1C(=O)N1CCCC(CC(=O)O)C1. The Kier molecular flexibility index (Phi) is 4.24. The molecule has 1 amide bonds. The summed E-state index contributed by atoms with van der Waals surface area (Å²) < 4.78 is 1.92. The zero-order valence-corrected chi connectivity index (χ0v) is 11.2. The van der Waals surface area contributed by atoms with Gasteiger partial charge in [0.15, 0.2) is 0 Å². The van der Waals surface area contributed by atoms with Gasteiger partial charge in [-0.25, -0.2) is 0 Å². The molecule has 1 N–H and O–H groups in total. The van der Waals surface area contributed by atoms with Gasteiger partial charge in [0.1, 0.15) is 5.69 Å². The van der Waals surface area contributed by atoms with Gasteiger partial charge in [0, 0.05) is 32.3 Å². The lowest BCUT2D eigenvalue weighted by molar-refractivity contribution is -0.138. The molecule has 1 aliphatic rings. The fraction of sp³-hybridized carbons (Fsp3) is 0.571. The quantitative estimate of drug-likeness (QED) is 0.902. The van der Waals surface area contributed by atoms with Crippen molar-refractivity contribution in [2.45, 2.75) is 32.7 Å². The van der Waals surface area contributed by atoms with Gasteiger partial charge in [0.05, 0.1) is 0 Å². The molecule has 1 aliphatic heterocycles. The molecule has 2 rings (SSSR count). The van der Waals surface area contributed by atoms with Gasteiger partial charge >= 0.3 is 5.97 Å². The molecule has 104 valence electrons. The number of nitrogens with zero attached hydrogens (tertiary/aromatic N) is 2. The molecule has 1 aromatic rings. The number of carbonyl (C=O) groups is 2. The van der Waals surface area contributed by atoms with E-state index in [0.717, 1.165) is 25.9 Å². The van der Waals surface area contributed by atoms with Crippen molar-refractivity contribution in [2.24, 2.45) is 5.92 Å². The van der Waals surface area contributed by atoms with Gasteiger partial charge in [-0.3, -0.25) is 9.59 Å². The van der Waals surface area contributed by atoms with Gasteiger partial charge in [0.25, 0.3) is 5.91 Å². The molecule has 1 atom stereocenters. The number of rotatable bonds is 4. The Morgan fingerprint density at radius 2 is 2.26 bits per heavy atom. The number of aromatic nitrogens is 1. The highest BCUT2D eigenvalue weighted by Crippen LogP contribution is 2.21. The number of piperidine rings is 1. The molecular weight excluding hydrogens is 244 g/mol. The van der Waals surface area contributed by atoms with Crippen LogP contribution < -0.4 is 0 Å². The Hall–Kier alpha value is -1.78. The molecule has 1 aromatic heterocycles. The zero-order valence-electron chi connectivity index (χ0n) is 11.2. The van der Waals surface area contributed by atoms with Crippen LogP contribution in [0.3, 0.4) is 0 Å².